The normalized spacial score (nSPS) is 16.3. The van der Waals surface area contributed by atoms with E-state index in [0.717, 1.165) is 37.3 Å². The Hall–Kier alpha value is -2.70. The number of likely N-dealkylation sites (tertiary alicyclic amines) is 1. The lowest BCUT2D eigenvalue weighted by atomic mass is 9.92. The number of hydrogen-bond donors (Lipinski definition) is 1. The Morgan fingerprint density at radius 3 is 2.65 bits per heavy atom. The first-order chi connectivity index (χ1) is 12.4. The van der Waals surface area contributed by atoms with Gasteiger partial charge in [0.1, 0.15) is 5.69 Å². The molecule has 0 saturated carbocycles. The Balaban J connectivity index is 1.46. The largest absolute Gasteiger partial charge is 0.337 e. The zero-order valence-corrected chi connectivity index (χ0v) is 15.4. The van der Waals surface area contributed by atoms with Crippen molar-refractivity contribution < 1.29 is 4.79 Å². The number of piperidine rings is 1. The minimum absolute atomic E-state index is 0.00849. The van der Waals surface area contributed by atoms with E-state index in [-0.39, 0.29) is 11.3 Å². The van der Waals surface area contributed by atoms with Gasteiger partial charge in [-0.3, -0.25) is 9.89 Å². The van der Waals surface area contributed by atoms with Gasteiger partial charge in [-0.2, -0.15) is 10.2 Å². The molecule has 7 heteroatoms. The molecule has 1 aliphatic rings. The van der Waals surface area contributed by atoms with Gasteiger partial charge in [0.05, 0.1) is 6.20 Å². The second-order valence-corrected chi connectivity index (χ2v) is 7.95. The second kappa shape index (κ2) is 6.23. The maximum atomic E-state index is 12.8. The van der Waals surface area contributed by atoms with Crippen molar-refractivity contribution in [2.24, 2.45) is 0 Å². The quantitative estimate of drug-likeness (QED) is 0.769. The van der Waals surface area contributed by atoms with E-state index in [0.29, 0.717) is 11.6 Å². The van der Waals surface area contributed by atoms with Gasteiger partial charge in [-0.05, 0) is 25.0 Å². The lowest BCUT2D eigenvalue weighted by Crippen LogP contribution is -2.38. The maximum absolute atomic E-state index is 12.8. The summed E-state index contributed by atoms with van der Waals surface area (Å²) in [7, 11) is 0. The van der Waals surface area contributed by atoms with Gasteiger partial charge in [-0.1, -0.05) is 20.8 Å². The first kappa shape index (κ1) is 16.8. The molecule has 0 spiro atoms. The summed E-state index contributed by atoms with van der Waals surface area (Å²) in [6, 6.07) is 5.82. The third kappa shape index (κ3) is 2.98. The van der Waals surface area contributed by atoms with Gasteiger partial charge in [-0.15, -0.1) is 0 Å². The predicted octanol–water partition coefficient (Wildman–Crippen LogP) is 2.77. The van der Waals surface area contributed by atoms with Crippen LogP contribution in [0, 0.1) is 0 Å². The van der Waals surface area contributed by atoms with Crippen LogP contribution in [0.1, 0.15) is 61.4 Å². The number of aromatic amines is 1. The summed E-state index contributed by atoms with van der Waals surface area (Å²) in [5.74, 6) is 0.392. The topological polar surface area (TPSA) is 79.2 Å². The van der Waals surface area contributed by atoms with Gasteiger partial charge in [-0.25, -0.2) is 9.50 Å². The number of carbonyl (C=O) groups is 1. The van der Waals surface area contributed by atoms with E-state index in [1.54, 1.807) is 6.20 Å². The zero-order valence-electron chi connectivity index (χ0n) is 15.4. The fourth-order valence-corrected chi connectivity index (χ4v) is 3.52. The molecular weight excluding hydrogens is 328 g/mol. The SMILES string of the molecule is CC(C)(C)c1cc(C(=O)N2CCC(c3ccnc4ccnn34)CC2)n[nH]1. The minimum Gasteiger partial charge on any atom is -0.337 e. The van der Waals surface area contributed by atoms with E-state index in [1.165, 1.54) is 5.69 Å². The molecule has 0 radical (unpaired) electrons. The highest BCUT2D eigenvalue weighted by Gasteiger charge is 2.28. The highest BCUT2D eigenvalue weighted by atomic mass is 16.2. The minimum atomic E-state index is -0.0466. The first-order valence-corrected chi connectivity index (χ1v) is 9.07. The van der Waals surface area contributed by atoms with Gasteiger partial charge in [0, 0.05) is 48.1 Å². The van der Waals surface area contributed by atoms with Crippen molar-refractivity contribution in [2.45, 2.75) is 44.9 Å². The molecule has 3 aromatic rings. The second-order valence-electron chi connectivity index (χ2n) is 7.95. The van der Waals surface area contributed by atoms with Crippen molar-refractivity contribution in [1.82, 2.24) is 29.7 Å². The molecule has 1 N–H and O–H groups in total. The fraction of sp³-hybridized carbons (Fsp3) is 0.474. The van der Waals surface area contributed by atoms with Crippen LogP contribution in [0.5, 0.6) is 0 Å². The number of amides is 1. The summed E-state index contributed by atoms with van der Waals surface area (Å²) in [5.41, 5.74) is 3.48. The molecule has 0 bridgehead atoms. The number of fused-ring (bicyclic) bond motifs is 1. The highest BCUT2D eigenvalue weighted by molar-refractivity contribution is 5.92. The van der Waals surface area contributed by atoms with Crippen LogP contribution >= 0.6 is 0 Å². The number of aromatic nitrogens is 5. The van der Waals surface area contributed by atoms with E-state index < -0.39 is 0 Å². The molecule has 26 heavy (non-hydrogen) atoms. The maximum Gasteiger partial charge on any atom is 0.274 e. The average molecular weight is 352 g/mol. The van der Waals surface area contributed by atoms with Crippen LogP contribution in [0.25, 0.3) is 5.65 Å². The van der Waals surface area contributed by atoms with Crippen molar-refractivity contribution in [3.05, 3.63) is 47.7 Å². The number of H-pyrrole nitrogens is 1. The molecule has 1 saturated heterocycles. The third-order valence-corrected chi connectivity index (χ3v) is 5.12. The molecule has 1 fully saturated rings. The number of nitrogens with one attached hydrogen (secondary N) is 1. The average Bonchev–Trinajstić information content (AvgIpc) is 3.30. The van der Waals surface area contributed by atoms with Crippen LogP contribution in [0.15, 0.2) is 30.6 Å². The van der Waals surface area contributed by atoms with E-state index in [9.17, 15) is 4.79 Å². The molecule has 0 unspecified atom stereocenters. The Kier molecular flexibility index (Phi) is 4.01. The highest BCUT2D eigenvalue weighted by Crippen LogP contribution is 2.29. The Morgan fingerprint density at radius 2 is 1.96 bits per heavy atom. The number of rotatable bonds is 2. The number of nitrogens with zero attached hydrogens (tertiary/aromatic N) is 5. The molecule has 1 aliphatic heterocycles. The van der Waals surface area contributed by atoms with E-state index in [2.05, 4.69) is 41.1 Å². The van der Waals surface area contributed by atoms with Gasteiger partial charge in [0.25, 0.3) is 5.91 Å². The standard InChI is InChI=1S/C19H24N6O/c1-19(2,3)16-12-14(22-23-16)18(26)24-10-6-13(7-11-24)15-4-8-20-17-5-9-21-25(15)17/h4-5,8-9,12-13H,6-7,10-11H2,1-3H3,(H,22,23). The summed E-state index contributed by atoms with van der Waals surface area (Å²) in [6.07, 6.45) is 5.44. The monoisotopic (exact) mass is 352 g/mol. The fourth-order valence-electron chi connectivity index (χ4n) is 3.52. The van der Waals surface area contributed by atoms with Crippen molar-refractivity contribution in [3.8, 4) is 0 Å². The summed E-state index contributed by atoms with van der Waals surface area (Å²) >= 11 is 0. The van der Waals surface area contributed by atoms with Gasteiger partial charge in [0.15, 0.2) is 5.65 Å². The first-order valence-electron chi connectivity index (χ1n) is 9.07. The van der Waals surface area contributed by atoms with Crippen LogP contribution in [0.4, 0.5) is 0 Å². The van der Waals surface area contributed by atoms with Crippen molar-refractivity contribution in [2.75, 3.05) is 13.1 Å². The molecule has 0 atom stereocenters. The Labute approximate surface area is 152 Å². The van der Waals surface area contributed by atoms with Gasteiger partial charge >= 0.3 is 0 Å². The smallest absolute Gasteiger partial charge is 0.274 e. The van der Waals surface area contributed by atoms with Crippen molar-refractivity contribution >= 4 is 11.6 Å². The zero-order chi connectivity index (χ0) is 18.3. The van der Waals surface area contributed by atoms with Crippen LogP contribution in [0.2, 0.25) is 0 Å². The van der Waals surface area contributed by atoms with Crippen LogP contribution in [0.3, 0.4) is 0 Å². The van der Waals surface area contributed by atoms with E-state index >= 15 is 0 Å². The lowest BCUT2D eigenvalue weighted by molar-refractivity contribution is 0.0705. The molecule has 3 aromatic heterocycles. The molecule has 0 aliphatic carbocycles. The molecule has 7 nitrogen and oxygen atoms in total. The summed E-state index contributed by atoms with van der Waals surface area (Å²) in [6.45, 7) is 7.76. The van der Waals surface area contributed by atoms with Crippen LogP contribution in [-0.2, 0) is 5.41 Å². The van der Waals surface area contributed by atoms with Gasteiger partial charge < -0.3 is 4.90 Å². The predicted molar refractivity (Wildman–Crippen MR) is 98.2 cm³/mol. The van der Waals surface area contributed by atoms with Crippen LogP contribution in [-0.4, -0.2) is 48.7 Å². The summed E-state index contributed by atoms with van der Waals surface area (Å²) in [5, 5.41) is 11.6. The van der Waals surface area contributed by atoms with Crippen molar-refractivity contribution in [1.29, 1.82) is 0 Å². The molecule has 0 aromatic carbocycles. The van der Waals surface area contributed by atoms with Crippen molar-refractivity contribution in [3.63, 3.8) is 0 Å². The van der Waals surface area contributed by atoms with Crippen LogP contribution < -0.4 is 0 Å². The number of carbonyl (C=O) groups excluding carboxylic acids is 1. The Morgan fingerprint density at radius 1 is 1.19 bits per heavy atom. The molecule has 136 valence electrons. The van der Waals surface area contributed by atoms with E-state index in [4.69, 9.17) is 0 Å². The molecule has 4 heterocycles. The molecule has 4 rings (SSSR count). The summed E-state index contributed by atoms with van der Waals surface area (Å²) < 4.78 is 1.91. The number of hydrogen-bond acceptors (Lipinski definition) is 4. The molecular formula is C19H24N6O. The lowest BCUT2D eigenvalue weighted by Gasteiger charge is -2.31. The molecule has 1 amide bonds. The Bertz CT molecular complexity index is 927. The summed E-state index contributed by atoms with van der Waals surface area (Å²) in [4.78, 5) is 19.0. The van der Waals surface area contributed by atoms with Gasteiger partial charge in [0.2, 0.25) is 0 Å². The third-order valence-electron chi connectivity index (χ3n) is 5.12. The van der Waals surface area contributed by atoms with E-state index in [1.807, 2.05) is 33.8 Å².